The number of hydrogen-bond donors (Lipinski definition) is 0. The molecule has 0 bridgehead atoms. The van der Waals surface area contributed by atoms with E-state index in [1.165, 1.54) is 32.1 Å². The molecule has 0 aromatic carbocycles. The van der Waals surface area contributed by atoms with Crippen molar-refractivity contribution in [1.82, 2.24) is 0 Å². The molecule has 4 aliphatic rings. The van der Waals surface area contributed by atoms with E-state index in [0.717, 1.165) is 25.2 Å². The Kier molecular flexibility index (Phi) is 2.94. The van der Waals surface area contributed by atoms with Crippen LogP contribution >= 0.6 is 0 Å². The Morgan fingerprint density at radius 1 is 1.05 bits per heavy atom. The minimum atomic E-state index is 0.123. The molecule has 2 nitrogen and oxygen atoms in total. The van der Waals surface area contributed by atoms with Gasteiger partial charge in [-0.1, -0.05) is 20.3 Å². The monoisotopic (exact) mass is 288 g/mol. The van der Waals surface area contributed by atoms with E-state index in [1.54, 1.807) is 0 Å². The smallest absolute Gasteiger partial charge is 0.137 e. The maximum absolute atomic E-state index is 13.0. The highest BCUT2D eigenvalue weighted by Gasteiger charge is 2.60. The Morgan fingerprint density at radius 2 is 1.86 bits per heavy atom. The van der Waals surface area contributed by atoms with E-state index in [1.807, 2.05) is 0 Å². The first-order chi connectivity index (χ1) is 9.94. The van der Waals surface area contributed by atoms with Crippen LogP contribution in [0.15, 0.2) is 0 Å². The Labute approximate surface area is 128 Å². The SMILES string of the molecule is C[C@]12CCC[C@@H]1[C@H]1CC[C@@H]3CC(=O)CC[C@]3(C)[C@@H]1C(=O)C2. The lowest BCUT2D eigenvalue weighted by molar-refractivity contribution is -0.158. The largest absolute Gasteiger partial charge is 0.300 e. The van der Waals surface area contributed by atoms with Crippen LogP contribution in [-0.2, 0) is 9.59 Å². The van der Waals surface area contributed by atoms with Gasteiger partial charge in [-0.3, -0.25) is 9.59 Å². The lowest BCUT2D eigenvalue weighted by atomic mass is 9.45. The van der Waals surface area contributed by atoms with Gasteiger partial charge in [0.2, 0.25) is 0 Å². The van der Waals surface area contributed by atoms with Crippen molar-refractivity contribution >= 4 is 11.6 Å². The molecule has 0 aromatic heterocycles. The molecule has 6 atom stereocenters. The van der Waals surface area contributed by atoms with Gasteiger partial charge in [0.05, 0.1) is 0 Å². The van der Waals surface area contributed by atoms with Gasteiger partial charge < -0.3 is 0 Å². The molecule has 21 heavy (non-hydrogen) atoms. The molecule has 116 valence electrons. The zero-order valence-electron chi connectivity index (χ0n) is 13.5. The zero-order chi connectivity index (χ0) is 14.8. The van der Waals surface area contributed by atoms with Crippen LogP contribution < -0.4 is 0 Å². The van der Waals surface area contributed by atoms with E-state index in [9.17, 15) is 9.59 Å². The first kappa shape index (κ1) is 14.0. The van der Waals surface area contributed by atoms with Gasteiger partial charge in [-0.15, -0.1) is 0 Å². The molecule has 0 radical (unpaired) electrons. The molecule has 0 aromatic rings. The predicted molar refractivity (Wildman–Crippen MR) is 81.7 cm³/mol. The first-order valence-electron chi connectivity index (χ1n) is 8.98. The number of ketones is 2. The van der Waals surface area contributed by atoms with Gasteiger partial charge in [0.25, 0.3) is 0 Å². The van der Waals surface area contributed by atoms with Crippen LogP contribution in [0.4, 0.5) is 0 Å². The highest BCUT2D eigenvalue weighted by atomic mass is 16.1. The van der Waals surface area contributed by atoms with Crippen LogP contribution in [0.5, 0.6) is 0 Å². The van der Waals surface area contributed by atoms with Gasteiger partial charge in [-0.2, -0.15) is 0 Å². The Bertz CT molecular complexity index is 496. The van der Waals surface area contributed by atoms with Crippen LogP contribution in [-0.4, -0.2) is 11.6 Å². The van der Waals surface area contributed by atoms with Crippen LogP contribution in [0, 0.1) is 34.5 Å². The second-order valence-corrected chi connectivity index (χ2v) is 8.96. The number of hydrogen-bond acceptors (Lipinski definition) is 2. The van der Waals surface area contributed by atoms with Crippen LogP contribution in [0.1, 0.15) is 71.6 Å². The van der Waals surface area contributed by atoms with E-state index in [2.05, 4.69) is 13.8 Å². The second-order valence-electron chi connectivity index (χ2n) is 8.96. The summed E-state index contributed by atoms with van der Waals surface area (Å²) in [6, 6.07) is 0. The summed E-state index contributed by atoms with van der Waals surface area (Å²) in [5.41, 5.74) is 0.420. The third-order valence-electron chi connectivity index (χ3n) is 7.94. The molecule has 4 rings (SSSR count). The average molecular weight is 288 g/mol. The third kappa shape index (κ3) is 1.83. The summed E-state index contributed by atoms with van der Waals surface area (Å²) < 4.78 is 0. The maximum atomic E-state index is 13.0. The van der Waals surface area contributed by atoms with E-state index in [0.29, 0.717) is 35.2 Å². The van der Waals surface area contributed by atoms with E-state index >= 15 is 0 Å². The zero-order valence-corrected chi connectivity index (χ0v) is 13.5. The molecule has 0 amide bonds. The predicted octanol–water partition coefficient (Wildman–Crippen LogP) is 4.17. The number of carbonyl (C=O) groups is 2. The molecule has 4 saturated carbocycles. The molecular weight excluding hydrogens is 260 g/mol. The highest BCUT2D eigenvalue weighted by molar-refractivity contribution is 5.85. The summed E-state index contributed by atoms with van der Waals surface area (Å²) in [7, 11) is 0. The molecule has 4 fully saturated rings. The van der Waals surface area contributed by atoms with Crippen molar-refractivity contribution in [3.05, 3.63) is 0 Å². The normalized spacial score (nSPS) is 53.0. The highest BCUT2D eigenvalue weighted by Crippen LogP contribution is 2.64. The summed E-state index contributed by atoms with van der Waals surface area (Å²) in [5.74, 6) is 3.12. The Balaban J connectivity index is 1.70. The Hall–Kier alpha value is -0.660. The third-order valence-corrected chi connectivity index (χ3v) is 7.94. The van der Waals surface area contributed by atoms with Gasteiger partial charge in [0.15, 0.2) is 0 Å². The molecule has 2 heteroatoms. The van der Waals surface area contributed by atoms with Crippen LogP contribution in [0.3, 0.4) is 0 Å². The molecule has 0 N–H and O–H groups in total. The summed E-state index contributed by atoms with van der Waals surface area (Å²) in [5, 5.41) is 0. The van der Waals surface area contributed by atoms with E-state index in [-0.39, 0.29) is 11.3 Å². The van der Waals surface area contributed by atoms with Crippen molar-refractivity contribution in [3.8, 4) is 0 Å². The topological polar surface area (TPSA) is 34.1 Å². The van der Waals surface area contributed by atoms with Crippen molar-refractivity contribution < 1.29 is 9.59 Å². The first-order valence-corrected chi connectivity index (χ1v) is 8.98. The molecule has 0 heterocycles. The van der Waals surface area contributed by atoms with Gasteiger partial charge in [0, 0.05) is 25.2 Å². The van der Waals surface area contributed by atoms with Gasteiger partial charge in [0.1, 0.15) is 11.6 Å². The standard InChI is InChI=1S/C19H28O2/c1-18-8-3-4-15(18)14-6-5-12-10-13(20)7-9-19(12,2)17(14)16(21)11-18/h12,14-15,17H,3-11H2,1-2H3/t12-,14-,15-,17+,18-,19+/m1/s1. The fourth-order valence-electron chi connectivity index (χ4n) is 6.87. The summed E-state index contributed by atoms with van der Waals surface area (Å²) >= 11 is 0. The van der Waals surface area contributed by atoms with Crippen molar-refractivity contribution in [2.45, 2.75) is 71.6 Å². The quantitative estimate of drug-likeness (QED) is 0.670. The average Bonchev–Trinajstić information content (AvgIpc) is 2.80. The minimum Gasteiger partial charge on any atom is -0.300 e. The van der Waals surface area contributed by atoms with E-state index in [4.69, 9.17) is 0 Å². The molecular formula is C19H28O2. The molecule has 0 spiro atoms. The van der Waals surface area contributed by atoms with Gasteiger partial charge in [-0.05, 0) is 60.7 Å². The van der Waals surface area contributed by atoms with Crippen molar-refractivity contribution in [2.24, 2.45) is 34.5 Å². The lowest BCUT2D eigenvalue weighted by Gasteiger charge is -2.58. The summed E-state index contributed by atoms with van der Waals surface area (Å²) in [6.07, 6.45) is 9.53. The Morgan fingerprint density at radius 3 is 2.67 bits per heavy atom. The van der Waals surface area contributed by atoms with Crippen molar-refractivity contribution in [1.29, 1.82) is 0 Å². The van der Waals surface area contributed by atoms with Crippen LogP contribution in [0.2, 0.25) is 0 Å². The molecule has 0 saturated heterocycles. The number of rotatable bonds is 0. The van der Waals surface area contributed by atoms with Gasteiger partial charge >= 0.3 is 0 Å². The van der Waals surface area contributed by atoms with Crippen molar-refractivity contribution in [3.63, 3.8) is 0 Å². The fourth-order valence-corrected chi connectivity index (χ4v) is 6.87. The lowest BCUT2D eigenvalue weighted by Crippen LogP contribution is -2.56. The van der Waals surface area contributed by atoms with Crippen molar-refractivity contribution in [2.75, 3.05) is 0 Å². The van der Waals surface area contributed by atoms with Gasteiger partial charge in [-0.25, -0.2) is 0 Å². The molecule has 0 aliphatic heterocycles. The number of Topliss-reactive ketones (excluding diaryl/α,β-unsaturated/α-hetero) is 2. The summed E-state index contributed by atoms with van der Waals surface area (Å²) in [6.45, 7) is 4.72. The number of fused-ring (bicyclic) bond motifs is 5. The number of carbonyl (C=O) groups excluding carboxylic acids is 2. The van der Waals surface area contributed by atoms with E-state index < -0.39 is 0 Å². The minimum absolute atomic E-state index is 0.123. The second kappa shape index (κ2) is 4.43. The van der Waals surface area contributed by atoms with Crippen LogP contribution in [0.25, 0.3) is 0 Å². The maximum Gasteiger partial charge on any atom is 0.137 e. The molecule has 0 unspecified atom stereocenters. The summed E-state index contributed by atoms with van der Waals surface area (Å²) in [4.78, 5) is 24.9. The fraction of sp³-hybridized carbons (Fsp3) is 0.895. The molecule has 4 aliphatic carbocycles.